The van der Waals surface area contributed by atoms with E-state index in [0.29, 0.717) is 29.3 Å². The summed E-state index contributed by atoms with van der Waals surface area (Å²) in [7, 11) is 0. The fourth-order valence-corrected chi connectivity index (χ4v) is 1.63. The number of rotatable bonds is 5. The molecular formula is C16H19NO4. The number of benzene rings is 1. The maximum Gasteiger partial charge on any atom is 0.407 e. The van der Waals surface area contributed by atoms with E-state index in [1.54, 1.807) is 51.1 Å². The molecule has 0 saturated heterocycles. The van der Waals surface area contributed by atoms with Gasteiger partial charge in [0.05, 0.1) is 0 Å². The van der Waals surface area contributed by atoms with Crippen molar-refractivity contribution in [2.24, 2.45) is 0 Å². The molecule has 21 heavy (non-hydrogen) atoms. The van der Waals surface area contributed by atoms with Crippen molar-refractivity contribution in [3.05, 3.63) is 41.0 Å². The zero-order chi connectivity index (χ0) is 15.9. The molecule has 0 aliphatic carbocycles. The van der Waals surface area contributed by atoms with E-state index in [0.717, 1.165) is 0 Å². The molecule has 5 nitrogen and oxygen atoms in total. The molecule has 1 rings (SSSR count). The zero-order valence-corrected chi connectivity index (χ0v) is 12.4. The fraction of sp³-hybridized carbons (Fsp3) is 0.312. The van der Waals surface area contributed by atoms with E-state index >= 15 is 0 Å². The maximum absolute atomic E-state index is 11.4. The topological polar surface area (TPSA) is 72.5 Å². The van der Waals surface area contributed by atoms with Crippen LogP contribution in [0.2, 0.25) is 0 Å². The van der Waals surface area contributed by atoms with Crippen molar-refractivity contribution >= 4 is 24.7 Å². The molecule has 5 heteroatoms. The molecule has 0 saturated carbocycles. The number of carbonyl (C=O) groups is 3. The second-order valence-corrected chi connectivity index (χ2v) is 5.37. The number of hydrogen-bond acceptors (Lipinski definition) is 4. The van der Waals surface area contributed by atoms with Crippen LogP contribution in [0, 0.1) is 0 Å². The SMILES string of the molecule is CC(C)(C)OC(=O)NCC=Cc1c(C=O)cccc1C=O. The van der Waals surface area contributed by atoms with Gasteiger partial charge < -0.3 is 10.1 Å². The summed E-state index contributed by atoms with van der Waals surface area (Å²) in [5.74, 6) is 0. The minimum absolute atomic E-state index is 0.237. The summed E-state index contributed by atoms with van der Waals surface area (Å²) < 4.78 is 5.08. The predicted octanol–water partition coefficient (Wildman–Crippen LogP) is 2.85. The van der Waals surface area contributed by atoms with Gasteiger partial charge in [0.25, 0.3) is 0 Å². The predicted molar refractivity (Wildman–Crippen MR) is 80.5 cm³/mol. The molecule has 0 spiro atoms. The lowest BCUT2D eigenvalue weighted by Gasteiger charge is -2.19. The van der Waals surface area contributed by atoms with Crippen molar-refractivity contribution < 1.29 is 19.1 Å². The Bertz CT molecular complexity index is 530. The van der Waals surface area contributed by atoms with Crippen molar-refractivity contribution in [3.63, 3.8) is 0 Å². The maximum atomic E-state index is 11.4. The molecule has 0 atom stereocenters. The van der Waals surface area contributed by atoms with Crippen LogP contribution >= 0.6 is 0 Å². The third kappa shape index (κ3) is 5.60. The first kappa shape index (κ1) is 16.6. The first-order valence-electron chi connectivity index (χ1n) is 6.54. The summed E-state index contributed by atoms with van der Waals surface area (Å²) in [6.07, 6.45) is 4.14. The zero-order valence-electron chi connectivity index (χ0n) is 12.4. The highest BCUT2D eigenvalue weighted by Gasteiger charge is 2.15. The third-order valence-corrected chi connectivity index (χ3v) is 2.48. The van der Waals surface area contributed by atoms with Gasteiger partial charge in [-0.3, -0.25) is 9.59 Å². The van der Waals surface area contributed by atoms with Crippen LogP contribution in [-0.2, 0) is 4.74 Å². The third-order valence-electron chi connectivity index (χ3n) is 2.48. The summed E-state index contributed by atoms with van der Waals surface area (Å²) >= 11 is 0. The van der Waals surface area contributed by atoms with Crippen molar-refractivity contribution in [2.45, 2.75) is 26.4 Å². The highest BCUT2D eigenvalue weighted by atomic mass is 16.6. The van der Waals surface area contributed by atoms with Gasteiger partial charge in [0.1, 0.15) is 5.60 Å². The molecule has 0 aromatic heterocycles. The van der Waals surface area contributed by atoms with Crippen molar-refractivity contribution in [3.8, 4) is 0 Å². The lowest BCUT2D eigenvalue weighted by molar-refractivity contribution is 0.0534. The average Bonchev–Trinajstić information content (AvgIpc) is 2.41. The summed E-state index contributed by atoms with van der Waals surface area (Å²) in [5.41, 5.74) is 0.831. The molecule has 0 bridgehead atoms. The van der Waals surface area contributed by atoms with Crippen LogP contribution in [0.25, 0.3) is 6.08 Å². The van der Waals surface area contributed by atoms with E-state index in [1.807, 2.05) is 0 Å². The van der Waals surface area contributed by atoms with Gasteiger partial charge in [0.2, 0.25) is 0 Å². The Balaban J connectivity index is 2.68. The molecule has 1 amide bonds. The molecule has 0 aliphatic heterocycles. The van der Waals surface area contributed by atoms with Crippen molar-refractivity contribution in [2.75, 3.05) is 6.54 Å². The normalized spacial score (nSPS) is 11.2. The Labute approximate surface area is 124 Å². The molecule has 0 fully saturated rings. The second kappa shape index (κ2) is 7.38. The Hall–Kier alpha value is -2.43. The molecule has 1 aromatic carbocycles. The smallest absolute Gasteiger partial charge is 0.407 e. The molecule has 112 valence electrons. The quantitative estimate of drug-likeness (QED) is 0.846. The van der Waals surface area contributed by atoms with Crippen molar-refractivity contribution in [1.82, 2.24) is 5.32 Å². The van der Waals surface area contributed by atoms with Crippen molar-refractivity contribution in [1.29, 1.82) is 0 Å². The highest BCUT2D eigenvalue weighted by Crippen LogP contribution is 2.13. The number of hydrogen-bond donors (Lipinski definition) is 1. The Morgan fingerprint density at radius 3 is 2.24 bits per heavy atom. The number of carbonyl (C=O) groups excluding carboxylic acids is 3. The van der Waals surface area contributed by atoms with Gasteiger partial charge in [-0.25, -0.2) is 4.79 Å². The minimum atomic E-state index is -0.553. The number of aldehydes is 2. The molecule has 1 aromatic rings. The standard InChI is InChI=1S/C16H19NO4/c1-16(2,3)21-15(20)17-9-5-8-14-12(10-18)6-4-7-13(14)11-19/h4-8,10-11H,9H2,1-3H3,(H,17,20). The summed E-state index contributed by atoms with van der Waals surface area (Å²) in [6.45, 7) is 5.57. The first-order valence-corrected chi connectivity index (χ1v) is 6.54. The van der Waals surface area contributed by atoms with E-state index < -0.39 is 11.7 Å². The molecule has 0 unspecified atom stereocenters. The van der Waals surface area contributed by atoms with E-state index in [4.69, 9.17) is 4.74 Å². The number of nitrogens with one attached hydrogen (secondary N) is 1. The molecule has 0 heterocycles. The van der Waals surface area contributed by atoms with Gasteiger partial charge in [-0.2, -0.15) is 0 Å². The van der Waals surface area contributed by atoms with E-state index in [9.17, 15) is 14.4 Å². The molecular weight excluding hydrogens is 270 g/mol. The number of alkyl carbamates (subject to hydrolysis) is 1. The van der Waals surface area contributed by atoms with Crippen LogP contribution in [0.5, 0.6) is 0 Å². The highest BCUT2D eigenvalue weighted by molar-refractivity contribution is 5.90. The molecule has 0 aliphatic rings. The second-order valence-electron chi connectivity index (χ2n) is 5.37. The van der Waals surface area contributed by atoms with Gasteiger partial charge in [-0.05, 0) is 26.3 Å². The monoisotopic (exact) mass is 289 g/mol. The van der Waals surface area contributed by atoms with E-state index in [2.05, 4.69) is 5.32 Å². The van der Waals surface area contributed by atoms with Crippen LogP contribution in [0.3, 0.4) is 0 Å². The van der Waals surface area contributed by atoms with Gasteiger partial charge in [-0.15, -0.1) is 0 Å². The van der Waals surface area contributed by atoms with Crippen LogP contribution in [0.15, 0.2) is 24.3 Å². The van der Waals surface area contributed by atoms with Crippen LogP contribution < -0.4 is 5.32 Å². The summed E-state index contributed by atoms with van der Waals surface area (Å²) in [4.78, 5) is 33.3. The van der Waals surface area contributed by atoms with Gasteiger partial charge in [-0.1, -0.05) is 30.4 Å². The Morgan fingerprint density at radius 2 is 1.76 bits per heavy atom. The minimum Gasteiger partial charge on any atom is -0.444 e. The molecule has 0 radical (unpaired) electrons. The average molecular weight is 289 g/mol. The van der Waals surface area contributed by atoms with Gasteiger partial charge in [0.15, 0.2) is 12.6 Å². The summed E-state index contributed by atoms with van der Waals surface area (Å²) in [6, 6.07) is 4.89. The number of amides is 1. The molecule has 1 N–H and O–H groups in total. The van der Waals surface area contributed by atoms with Crippen LogP contribution in [0.1, 0.15) is 47.1 Å². The first-order chi connectivity index (χ1) is 9.87. The lowest BCUT2D eigenvalue weighted by atomic mass is 10.0. The van der Waals surface area contributed by atoms with E-state index in [1.165, 1.54) is 0 Å². The van der Waals surface area contributed by atoms with E-state index in [-0.39, 0.29) is 6.54 Å². The van der Waals surface area contributed by atoms with Gasteiger partial charge in [0, 0.05) is 17.7 Å². The van der Waals surface area contributed by atoms with Crippen LogP contribution in [0.4, 0.5) is 4.79 Å². The largest absolute Gasteiger partial charge is 0.444 e. The Kier molecular flexibility index (Phi) is 5.84. The number of ether oxygens (including phenoxy) is 1. The Morgan fingerprint density at radius 1 is 1.19 bits per heavy atom. The lowest BCUT2D eigenvalue weighted by Crippen LogP contribution is -2.32. The van der Waals surface area contributed by atoms with Gasteiger partial charge >= 0.3 is 6.09 Å². The summed E-state index contributed by atoms with van der Waals surface area (Å²) in [5, 5.41) is 2.56. The van der Waals surface area contributed by atoms with Crippen LogP contribution in [-0.4, -0.2) is 30.8 Å². The fourth-order valence-electron chi connectivity index (χ4n) is 1.63.